The second-order valence-electron chi connectivity index (χ2n) is 4.27. The molecule has 0 atom stereocenters. The van der Waals surface area contributed by atoms with Crippen molar-refractivity contribution in [3.8, 4) is 0 Å². The van der Waals surface area contributed by atoms with Crippen molar-refractivity contribution in [3.05, 3.63) is 0 Å². The van der Waals surface area contributed by atoms with E-state index in [1.54, 1.807) is 0 Å². The van der Waals surface area contributed by atoms with Gasteiger partial charge in [0.1, 0.15) is 0 Å². The quantitative estimate of drug-likeness (QED) is 0.397. The van der Waals surface area contributed by atoms with Crippen molar-refractivity contribution in [2.45, 2.75) is 33.3 Å². The number of rotatable bonds is 8. The third kappa shape index (κ3) is 11.2. The number of carbonyl (C=O) groups excluding carboxylic acids is 3. The number of ether oxygens (including phenoxy) is 1. The SMILES string of the molecule is CC(=O)NCCNC(=O)C(=O)NCCCOC(C)C. The highest BCUT2D eigenvalue weighted by Gasteiger charge is 2.11. The zero-order valence-corrected chi connectivity index (χ0v) is 11.7. The molecule has 7 heteroatoms. The molecule has 3 N–H and O–H groups in total. The first-order valence-electron chi connectivity index (χ1n) is 6.35. The van der Waals surface area contributed by atoms with Gasteiger partial charge in [0, 0.05) is 33.2 Å². The van der Waals surface area contributed by atoms with Crippen LogP contribution < -0.4 is 16.0 Å². The van der Waals surface area contributed by atoms with Crippen LogP contribution in [0.25, 0.3) is 0 Å². The van der Waals surface area contributed by atoms with Gasteiger partial charge in [-0.25, -0.2) is 0 Å². The summed E-state index contributed by atoms with van der Waals surface area (Å²) in [6.45, 7) is 6.71. The molecule has 0 heterocycles. The second kappa shape index (κ2) is 10.3. The molecule has 110 valence electrons. The standard InChI is InChI=1S/C12H23N3O4/c1-9(2)19-8-4-5-14-11(17)12(18)15-7-6-13-10(3)16/h9H,4-8H2,1-3H3,(H,13,16)(H,14,17)(H,15,18). The molecule has 0 aliphatic rings. The molecule has 0 fully saturated rings. The van der Waals surface area contributed by atoms with E-state index in [2.05, 4.69) is 16.0 Å². The van der Waals surface area contributed by atoms with Crippen LogP contribution in [0.15, 0.2) is 0 Å². The van der Waals surface area contributed by atoms with Crippen LogP contribution in [-0.4, -0.2) is 50.1 Å². The summed E-state index contributed by atoms with van der Waals surface area (Å²) in [5, 5.41) is 7.40. The van der Waals surface area contributed by atoms with E-state index in [1.807, 2.05) is 13.8 Å². The predicted molar refractivity (Wildman–Crippen MR) is 70.4 cm³/mol. The van der Waals surface area contributed by atoms with Crippen LogP contribution in [0.3, 0.4) is 0 Å². The fourth-order valence-corrected chi connectivity index (χ4v) is 1.17. The van der Waals surface area contributed by atoms with Gasteiger partial charge in [-0.15, -0.1) is 0 Å². The van der Waals surface area contributed by atoms with E-state index in [-0.39, 0.29) is 18.6 Å². The minimum absolute atomic E-state index is 0.160. The van der Waals surface area contributed by atoms with Gasteiger partial charge in [0.2, 0.25) is 5.91 Å². The highest BCUT2D eigenvalue weighted by Crippen LogP contribution is 1.88. The number of nitrogens with one attached hydrogen (secondary N) is 3. The molecule has 7 nitrogen and oxygen atoms in total. The summed E-state index contributed by atoms with van der Waals surface area (Å²) < 4.78 is 5.29. The molecule has 0 spiro atoms. The lowest BCUT2D eigenvalue weighted by atomic mass is 10.4. The van der Waals surface area contributed by atoms with E-state index in [1.165, 1.54) is 6.92 Å². The van der Waals surface area contributed by atoms with Gasteiger partial charge in [0.05, 0.1) is 6.10 Å². The molecule has 0 aliphatic heterocycles. The molecule has 0 saturated carbocycles. The van der Waals surface area contributed by atoms with Crippen molar-refractivity contribution in [3.63, 3.8) is 0 Å². The molecule has 0 saturated heterocycles. The number of amides is 3. The Morgan fingerprint density at radius 1 is 0.947 bits per heavy atom. The first-order valence-corrected chi connectivity index (χ1v) is 6.35. The highest BCUT2D eigenvalue weighted by atomic mass is 16.5. The Balaban J connectivity index is 3.54. The summed E-state index contributed by atoms with van der Waals surface area (Å²) in [7, 11) is 0. The average Bonchev–Trinajstić information content (AvgIpc) is 2.33. The second-order valence-corrected chi connectivity index (χ2v) is 4.27. The summed E-state index contributed by atoms with van der Waals surface area (Å²) >= 11 is 0. The zero-order valence-electron chi connectivity index (χ0n) is 11.7. The summed E-state index contributed by atoms with van der Waals surface area (Å²) in [6, 6.07) is 0. The molecule has 0 unspecified atom stereocenters. The zero-order chi connectivity index (χ0) is 14.7. The first-order chi connectivity index (χ1) is 8.93. The van der Waals surface area contributed by atoms with Crippen molar-refractivity contribution < 1.29 is 19.1 Å². The van der Waals surface area contributed by atoms with Gasteiger partial charge in [0.15, 0.2) is 0 Å². The van der Waals surface area contributed by atoms with Crippen LogP contribution in [-0.2, 0) is 19.1 Å². The van der Waals surface area contributed by atoms with Crippen molar-refractivity contribution in [1.82, 2.24) is 16.0 Å². The minimum atomic E-state index is -0.699. The van der Waals surface area contributed by atoms with Crippen molar-refractivity contribution in [2.75, 3.05) is 26.2 Å². The number of hydrogen-bond acceptors (Lipinski definition) is 4. The predicted octanol–water partition coefficient (Wildman–Crippen LogP) is -0.830. The minimum Gasteiger partial charge on any atom is -0.379 e. The van der Waals surface area contributed by atoms with Gasteiger partial charge in [0.25, 0.3) is 0 Å². The topological polar surface area (TPSA) is 96.5 Å². The molecule has 3 amide bonds. The van der Waals surface area contributed by atoms with Crippen molar-refractivity contribution in [1.29, 1.82) is 0 Å². The molecule has 0 aliphatic carbocycles. The van der Waals surface area contributed by atoms with Gasteiger partial charge in [-0.2, -0.15) is 0 Å². The lowest BCUT2D eigenvalue weighted by Gasteiger charge is -2.08. The largest absolute Gasteiger partial charge is 0.379 e. The molecule has 0 bridgehead atoms. The van der Waals surface area contributed by atoms with E-state index in [4.69, 9.17) is 4.74 Å². The highest BCUT2D eigenvalue weighted by molar-refractivity contribution is 6.35. The summed E-state index contributed by atoms with van der Waals surface area (Å²) in [4.78, 5) is 33.2. The Morgan fingerprint density at radius 2 is 1.47 bits per heavy atom. The molecular formula is C12H23N3O4. The number of carbonyl (C=O) groups is 3. The van der Waals surface area contributed by atoms with Crippen molar-refractivity contribution in [2.24, 2.45) is 0 Å². The third-order valence-electron chi connectivity index (χ3n) is 2.05. The Morgan fingerprint density at radius 3 is 2.00 bits per heavy atom. The van der Waals surface area contributed by atoms with Gasteiger partial charge in [-0.05, 0) is 20.3 Å². The number of hydrogen-bond donors (Lipinski definition) is 3. The smallest absolute Gasteiger partial charge is 0.309 e. The summed E-state index contributed by atoms with van der Waals surface area (Å²) in [6.07, 6.45) is 0.816. The first kappa shape index (κ1) is 17.4. The third-order valence-corrected chi connectivity index (χ3v) is 2.05. The lowest BCUT2D eigenvalue weighted by molar-refractivity contribution is -0.139. The molecular weight excluding hydrogens is 250 g/mol. The maximum absolute atomic E-state index is 11.3. The molecule has 19 heavy (non-hydrogen) atoms. The molecule has 0 rings (SSSR count). The van der Waals surface area contributed by atoms with E-state index in [9.17, 15) is 14.4 Å². The lowest BCUT2D eigenvalue weighted by Crippen LogP contribution is -2.43. The average molecular weight is 273 g/mol. The Bertz CT molecular complexity index is 305. The monoisotopic (exact) mass is 273 g/mol. The van der Waals surface area contributed by atoms with Gasteiger partial charge in [-0.3, -0.25) is 14.4 Å². The Labute approximate surface area is 113 Å². The van der Waals surface area contributed by atoms with E-state index in [0.717, 1.165) is 0 Å². The Kier molecular flexibility index (Phi) is 9.42. The maximum Gasteiger partial charge on any atom is 0.309 e. The van der Waals surface area contributed by atoms with E-state index in [0.29, 0.717) is 26.1 Å². The van der Waals surface area contributed by atoms with Crippen LogP contribution in [0, 0.1) is 0 Å². The van der Waals surface area contributed by atoms with Gasteiger partial charge < -0.3 is 20.7 Å². The van der Waals surface area contributed by atoms with Crippen molar-refractivity contribution >= 4 is 17.7 Å². The molecule has 0 aromatic carbocycles. The summed E-state index contributed by atoms with van der Waals surface area (Å²) in [5.41, 5.74) is 0. The van der Waals surface area contributed by atoms with Crippen LogP contribution in [0.5, 0.6) is 0 Å². The van der Waals surface area contributed by atoms with Gasteiger partial charge in [-0.1, -0.05) is 0 Å². The van der Waals surface area contributed by atoms with Crippen LogP contribution >= 0.6 is 0 Å². The molecule has 0 aromatic rings. The van der Waals surface area contributed by atoms with Crippen LogP contribution in [0.4, 0.5) is 0 Å². The molecule has 0 radical (unpaired) electrons. The fourth-order valence-electron chi connectivity index (χ4n) is 1.17. The normalized spacial score (nSPS) is 10.1. The van der Waals surface area contributed by atoms with Gasteiger partial charge >= 0.3 is 11.8 Å². The van der Waals surface area contributed by atoms with Crippen LogP contribution in [0.2, 0.25) is 0 Å². The summed E-state index contributed by atoms with van der Waals surface area (Å²) in [5.74, 6) is -1.55. The van der Waals surface area contributed by atoms with E-state index >= 15 is 0 Å². The van der Waals surface area contributed by atoms with Crippen LogP contribution in [0.1, 0.15) is 27.2 Å². The van der Waals surface area contributed by atoms with E-state index < -0.39 is 11.8 Å². The molecule has 0 aromatic heterocycles. The maximum atomic E-state index is 11.3. The fraction of sp³-hybridized carbons (Fsp3) is 0.750. The Hall–Kier alpha value is -1.63.